The molecule has 0 aromatic carbocycles. The third-order valence-electron chi connectivity index (χ3n) is 2.17. The molecule has 0 aliphatic heterocycles. The SMILES string of the molecule is NNc1sc(S(=O)(=O)NCCCC(N)=O)cc1[N+](=O)[O-]. The second-order valence-corrected chi connectivity index (χ2v) is 6.69. The normalized spacial score (nSPS) is 11.2. The van der Waals surface area contributed by atoms with Gasteiger partial charge in [0, 0.05) is 19.0 Å². The molecule has 1 aromatic heterocycles. The molecule has 0 atom stereocenters. The first-order chi connectivity index (χ1) is 9.27. The van der Waals surface area contributed by atoms with Gasteiger partial charge in [0.05, 0.1) is 4.92 Å². The molecule has 0 spiro atoms. The Kier molecular flexibility index (Phi) is 5.38. The first-order valence-electron chi connectivity index (χ1n) is 5.30. The zero-order valence-corrected chi connectivity index (χ0v) is 11.8. The van der Waals surface area contributed by atoms with Crippen LogP contribution in [0, 0.1) is 10.1 Å². The van der Waals surface area contributed by atoms with Crippen molar-refractivity contribution in [3.8, 4) is 0 Å². The molecule has 0 unspecified atom stereocenters. The van der Waals surface area contributed by atoms with Crippen LogP contribution in [0.25, 0.3) is 0 Å². The highest BCUT2D eigenvalue weighted by atomic mass is 32.2. The second kappa shape index (κ2) is 6.60. The summed E-state index contributed by atoms with van der Waals surface area (Å²) >= 11 is 0.639. The van der Waals surface area contributed by atoms with Crippen LogP contribution in [0.5, 0.6) is 0 Å². The molecule has 1 rings (SSSR count). The number of carbonyl (C=O) groups excluding carboxylic acids is 1. The molecule has 0 bridgehead atoms. The number of nitrogens with one attached hydrogen (secondary N) is 2. The monoisotopic (exact) mass is 323 g/mol. The van der Waals surface area contributed by atoms with Crippen LogP contribution in [0.1, 0.15) is 12.8 Å². The molecule has 0 saturated carbocycles. The van der Waals surface area contributed by atoms with Crippen molar-refractivity contribution in [2.45, 2.75) is 17.1 Å². The summed E-state index contributed by atoms with van der Waals surface area (Å²) in [6.07, 6.45) is 0.284. The van der Waals surface area contributed by atoms with Crippen LogP contribution in [-0.4, -0.2) is 25.8 Å². The van der Waals surface area contributed by atoms with Crippen molar-refractivity contribution in [3.05, 3.63) is 16.2 Å². The molecule has 0 radical (unpaired) electrons. The van der Waals surface area contributed by atoms with E-state index in [9.17, 15) is 23.3 Å². The van der Waals surface area contributed by atoms with Gasteiger partial charge in [-0.3, -0.25) is 14.9 Å². The van der Waals surface area contributed by atoms with Crippen LogP contribution in [0.2, 0.25) is 0 Å². The molecule has 20 heavy (non-hydrogen) atoms. The van der Waals surface area contributed by atoms with E-state index in [1.807, 2.05) is 0 Å². The van der Waals surface area contributed by atoms with Gasteiger partial charge in [-0.05, 0) is 6.42 Å². The minimum absolute atomic E-state index is 0.00234. The minimum Gasteiger partial charge on any atom is -0.370 e. The van der Waals surface area contributed by atoms with Gasteiger partial charge in [-0.15, -0.1) is 0 Å². The maximum Gasteiger partial charge on any atom is 0.306 e. The Morgan fingerprint density at radius 2 is 2.15 bits per heavy atom. The van der Waals surface area contributed by atoms with E-state index in [4.69, 9.17) is 11.6 Å². The Hall–Kier alpha value is -1.76. The van der Waals surface area contributed by atoms with Crippen LogP contribution in [0.15, 0.2) is 10.3 Å². The van der Waals surface area contributed by atoms with Crippen molar-refractivity contribution < 1.29 is 18.1 Å². The van der Waals surface area contributed by atoms with Crippen molar-refractivity contribution in [1.29, 1.82) is 0 Å². The first kappa shape index (κ1) is 16.3. The Balaban J connectivity index is 2.82. The van der Waals surface area contributed by atoms with Gasteiger partial charge in [0.2, 0.25) is 15.9 Å². The number of nitrogens with zero attached hydrogens (tertiary/aromatic N) is 1. The van der Waals surface area contributed by atoms with Crippen LogP contribution in [0.4, 0.5) is 10.7 Å². The minimum atomic E-state index is -3.89. The summed E-state index contributed by atoms with van der Waals surface area (Å²) in [5.41, 5.74) is 6.57. The molecule has 0 fully saturated rings. The summed E-state index contributed by atoms with van der Waals surface area (Å²) in [7, 11) is -3.89. The number of nitrogen functional groups attached to an aromatic ring is 1. The number of hydrogen-bond donors (Lipinski definition) is 4. The van der Waals surface area contributed by atoms with Crippen LogP contribution >= 0.6 is 11.3 Å². The lowest BCUT2D eigenvalue weighted by Gasteiger charge is -2.02. The standard InChI is InChI=1S/C8H13N5O5S2/c9-6(14)2-1-3-11-20(17,18)7-4-5(13(15)16)8(12-10)19-7/h4,11-12H,1-3,10H2,(H2,9,14). The maximum absolute atomic E-state index is 11.9. The average Bonchev–Trinajstić information content (AvgIpc) is 2.79. The van der Waals surface area contributed by atoms with E-state index in [2.05, 4.69) is 10.1 Å². The van der Waals surface area contributed by atoms with Crippen LogP contribution < -0.4 is 21.7 Å². The maximum atomic E-state index is 11.9. The third-order valence-corrected chi connectivity index (χ3v) is 5.16. The van der Waals surface area contributed by atoms with Crippen molar-refractivity contribution in [1.82, 2.24) is 4.72 Å². The van der Waals surface area contributed by atoms with Gasteiger partial charge in [0.25, 0.3) is 0 Å². The Labute approximate surface area is 118 Å². The zero-order chi connectivity index (χ0) is 15.3. The highest BCUT2D eigenvalue weighted by molar-refractivity contribution is 7.91. The highest BCUT2D eigenvalue weighted by Crippen LogP contribution is 2.36. The van der Waals surface area contributed by atoms with Gasteiger partial charge in [0.15, 0.2) is 5.00 Å². The highest BCUT2D eigenvalue weighted by Gasteiger charge is 2.25. The summed E-state index contributed by atoms with van der Waals surface area (Å²) in [6.45, 7) is 0.00234. The van der Waals surface area contributed by atoms with Crippen LogP contribution in [-0.2, 0) is 14.8 Å². The molecule has 10 nitrogen and oxygen atoms in total. The van der Waals surface area contributed by atoms with Gasteiger partial charge in [-0.2, -0.15) is 0 Å². The summed E-state index contributed by atoms with van der Waals surface area (Å²) in [5, 5.41) is 10.6. The smallest absolute Gasteiger partial charge is 0.306 e. The summed E-state index contributed by atoms with van der Waals surface area (Å²) in [6, 6.07) is 0.913. The van der Waals surface area contributed by atoms with E-state index in [-0.39, 0.29) is 28.6 Å². The molecular weight excluding hydrogens is 310 g/mol. The lowest BCUT2D eigenvalue weighted by atomic mass is 10.3. The number of nitro groups is 1. The number of nitrogens with two attached hydrogens (primary N) is 2. The second-order valence-electron chi connectivity index (χ2n) is 3.65. The number of hydrogen-bond acceptors (Lipinski definition) is 8. The van der Waals surface area contributed by atoms with Gasteiger partial charge < -0.3 is 11.2 Å². The topological polar surface area (TPSA) is 170 Å². The van der Waals surface area contributed by atoms with E-state index in [1.54, 1.807) is 0 Å². The van der Waals surface area contributed by atoms with E-state index in [0.29, 0.717) is 11.3 Å². The average molecular weight is 323 g/mol. The van der Waals surface area contributed by atoms with Crippen molar-refractivity contribution in [3.63, 3.8) is 0 Å². The molecule has 112 valence electrons. The molecule has 1 amide bonds. The molecule has 1 heterocycles. The summed E-state index contributed by atoms with van der Waals surface area (Å²) in [5.74, 6) is 4.55. The largest absolute Gasteiger partial charge is 0.370 e. The van der Waals surface area contributed by atoms with Gasteiger partial charge in [0.1, 0.15) is 4.21 Å². The number of sulfonamides is 1. The lowest BCUT2D eigenvalue weighted by Crippen LogP contribution is -2.25. The number of primary amides is 1. The molecular formula is C8H13N5O5S2. The van der Waals surface area contributed by atoms with Crippen LogP contribution in [0.3, 0.4) is 0 Å². The van der Waals surface area contributed by atoms with E-state index < -0.39 is 26.5 Å². The Morgan fingerprint density at radius 1 is 1.50 bits per heavy atom. The fourth-order valence-corrected chi connectivity index (χ4v) is 3.63. The van der Waals surface area contributed by atoms with E-state index >= 15 is 0 Å². The van der Waals surface area contributed by atoms with E-state index in [0.717, 1.165) is 6.07 Å². The van der Waals surface area contributed by atoms with Crippen molar-refractivity contribution in [2.24, 2.45) is 11.6 Å². The molecule has 0 saturated heterocycles. The first-order valence-corrected chi connectivity index (χ1v) is 7.60. The Morgan fingerprint density at radius 3 is 2.60 bits per heavy atom. The number of amides is 1. The van der Waals surface area contributed by atoms with E-state index in [1.165, 1.54) is 0 Å². The number of rotatable bonds is 8. The van der Waals surface area contributed by atoms with Gasteiger partial charge in [-0.25, -0.2) is 19.0 Å². The fraction of sp³-hybridized carbons (Fsp3) is 0.375. The summed E-state index contributed by atoms with van der Waals surface area (Å²) < 4.78 is 25.7. The molecule has 1 aromatic rings. The molecule has 0 aliphatic carbocycles. The number of anilines is 1. The predicted molar refractivity (Wildman–Crippen MR) is 72.4 cm³/mol. The Bertz CT molecular complexity index is 611. The zero-order valence-electron chi connectivity index (χ0n) is 10.2. The fourth-order valence-electron chi connectivity index (χ4n) is 1.27. The number of carbonyl (C=O) groups is 1. The number of thiophene rings is 1. The summed E-state index contributed by atoms with van der Waals surface area (Å²) in [4.78, 5) is 20.5. The predicted octanol–water partition coefficient (Wildman–Crippen LogP) is -0.514. The third kappa shape index (κ3) is 4.12. The molecule has 6 N–H and O–H groups in total. The van der Waals surface area contributed by atoms with Crippen molar-refractivity contribution >= 4 is 38.0 Å². The molecule has 0 aliphatic rings. The molecule has 12 heteroatoms. The van der Waals surface area contributed by atoms with Gasteiger partial charge in [-0.1, -0.05) is 11.3 Å². The van der Waals surface area contributed by atoms with Gasteiger partial charge >= 0.3 is 5.69 Å². The van der Waals surface area contributed by atoms with Crippen molar-refractivity contribution in [2.75, 3.05) is 12.0 Å². The number of hydrazine groups is 1. The quantitative estimate of drug-likeness (QED) is 0.216. The lowest BCUT2D eigenvalue weighted by molar-refractivity contribution is -0.383.